The van der Waals surface area contributed by atoms with E-state index in [1.807, 2.05) is 12.1 Å². The van der Waals surface area contributed by atoms with Crippen molar-refractivity contribution < 1.29 is 18.8 Å². The molecule has 0 aliphatic carbocycles. The molecular weight excluding hydrogens is 412 g/mol. The average molecular weight is 424 g/mol. The summed E-state index contributed by atoms with van der Waals surface area (Å²) >= 11 is 9.31. The molecule has 3 rings (SSSR count). The van der Waals surface area contributed by atoms with E-state index in [1.165, 1.54) is 7.11 Å². The molecule has 0 atom stereocenters. The number of carbonyl (C=O) groups excluding carboxylic acids is 1. The van der Waals surface area contributed by atoms with Gasteiger partial charge in [0.1, 0.15) is 5.75 Å². The number of hydrogen-bond donors (Lipinski definition) is 0. The molecule has 3 aromatic rings. The van der Waals surface area contributed by atoms with Crippen LogP contribution in [-0.4, -0.2) is 23.2 Å². The summed E-state index contributed by atoms with van der Waals surface area (Å²) in [6.45, 7) is 0.0870. The third-order valence-electron chi connectivity index (χ3n) is 3.26. The van der Waals surface area contributed by atoms with Crippen LogP contribution in [0.2, 0.25) is 5.02 Å². The Hall–Kier alpha value is -2.38. The highest BCUT2D eigenvalue weighted by molar-refractivity contribution is 9.10. The summed E-state index contributed by atoms with van der Waals surface area (Å²) in [6.07, 6.45) is 0. The van der Waals surface area contributed by atoms with Crippen molar-refractivity contribution in [2.24, 2.45) is 0 Å². The first-order valence-corrected chi connectivity index (χ1v) is 8.33. The maximum absolute atomic E-state index is 11.5. The Morgan fingerprint density at radius 3 is 2.84 bits per heavy atom. The molecule has 0 aliphatic heterocycles. The van der Waals surface area contributed by atoms with Gasteiger partial charge < -0.3 is 14.0 Å². The average Bonchev–Trinajstić information content (AvgIpc) is 3.09. The molecule has 0 bridgehead atoms. The normalized spacial score (nSPS) is 10.5. The van der Waals surface area contributed by atoms with Crippen LogP contribution in [0.4, 0.5) is 0 Å². The number of nitrogens with zero attached hydrogens (tertiary/aromatic N) is 2. The summed E-state index contributed by atoms with van der Waals surface area (Å²) in [6, 6.07) is 12.0. The topological polar surface area (TPSA) is 74.5 Å². The number of aromatic nitrogens is 2. The van der Waals surface area contributed by atoms with Crippen molar-refractivity contribution in [1.82, 2.24) is 10.1 Å². The molecule has 0 unspecified atom stereocenters. The van der Waals surface area contributed by atoms with Gasteiger partial charge in [0, 0.05) is 10.6 Å². The minimum absolute atomic E-state index is 0.0870. The molecule has 1 heterocycles. The van der Waals surface area contributed by atoms with Crippen LogP contribution in [0, 0.1) is 0 Å². The Labute approximate surface area is 156 Å². The zero-order chi connectivity index (χ0) is 17.8. The van der Waals surface area contributed by atoms with Crippen molar-refractivity contribution in [1.29, 1.82) is 0 Å². The standard InChI is InChI=1S/C17H12BrClN2O4/c1-23-17(22)11-5-6-14(13(18)8-11)24-9-15-20-16(21-25-15)10-3-2-4-12(19)7-10/h2-8H,9H2,1H3. The quantitative estimate of drug-likeness (QED) is 0.562. The van der Waals surface area contributed by atoms with Crippen molar-refractivity contribution in [2.45, 2.75) is 6.61 Å². The van der Waals surface area contributed by atoms with Crippen LogP contribution in [0.15, 0.2) is 51.5 Å². The molecule has 25 heavy (non-hydrogen) atoms. The SMILES string of the molecule is COC(=O)c1ccc(OCc2nc(-c3cccc(Cl)c3)no2)c(Br)c1. The maximum Gasteiger partial charge on any atom is 0.337 e. The summed E-state index contributed by atoms with van der Waals surface area (Å²) in [4.78, 5) is 15.8. The second kappa shape index (κ2) is 7.67. The van der Waals surface area contributed by atoms with Crippen molar-refractivity contribution in [2.75, 3.05) is 7.11 Å². The molecule has 1 aromatic heterocycles. The first kappa shape index (κ1) is 17.4. The minimum Gasteiger partial charge on any atom is -0.483 e. The number of carbonyl (C=O) groups is 1. The van der Waals surface area contributed by atoms with Gasteiger partial charge in [-0.25, -0.2) is 4.79 Å². The van der Waals surface area contributed by atoms with Gasteiger partial charge in [0.25, 0.3) is 5.89 Å². The van der Waals surface area contributed by atoms with E-state index in [2.05, 4.69) is 30.8 Å². The molecule has 0 amide bonds. The monoisotopic (exact) mass is 422 g/mol. The number of methoxy groups -OCH3 is 1. The van der Waals surface area contributed by atoms with Gasteiger partial charge in [-0.15, -0.1) is 0 Å². The number of esters is 1. The number of benzene rings is 2. The van der Waals surface area contributed by atoms with E-state index in [0.717, 1.165) is 5.56 Å². The highest BCUT2D eigenvalue weighted by Gasteiger charge is 2.12. The van der Waals surface area contributed by atoms with Crippen molar-refractivity contribution in [3.8, 4) is 17.1 Å². The lowest BCUT2D eigenvalue weighted by Gasteiger charge is -2.07. The second-order valence-corrected chi connectivity index (χ2v) is 6.24. The summed E-state index contributed by atoms with van der Waals surface area (Å²) < 4.78 is 16.1. The molecule has 0 radical (unpaired) electrons. The first-order chi connectivity index (χ1) is 12.1. The molecule has 0 saturated heterocycles. The van der Waals surface area contributed by atoms with Crippen LogP contribution >= 0.6 is 27.5 Å². The molecular formula is C17H12BrClN2O4. The third-order valence-corrected chi connectivity index (χ3v) is 4.11. The van der Waals surface area contributed by atoms with E-state index < -0.39 is 5.97 Å². The molecule has 128 valence electrons. The van der Waals surface area contributed by atoms with E-state index >= 15 is 0 Å². The lowest BCUT2D eigenvalue weighted by molar-refractivity contribution is 0.0600. The molecule has 6 nitrogen and oxygen atoms in total. The van der Waals surface area contributed by atoms with Gasteiger partial charge in [-0.05, 0) is 46.3 Å². The zero-order valence-corrected chi connectivity index (χ0v) is 15.4. The summed E-state index contributed by atoms with van der Waals surface area (Å²) in [5.41, 5.74) is 1.17. The van der Waals surface area contributed by atoms with Crippen molar-refractivity contribution in [3.05, 3.63) is 63.4 Å². The predicted molar refractivity (Wildman–Crippen MR) is 94.6 cm³/mol. The lowest BCUT2D eigenvalue weighted by Crippen LogP contribution is -2.02. The Bertz CT molecular complexity index is 913. The number of rotatable bonds is 5. The second-order valence-electron chi connectivity index (χ2n) is 4.95. The number of ether oxygens (including phenoxy) is 2. The predicted octanol–water partition coefficient (Wildman–Crippen LogP) is 4.52. The largest absolute Gasteiger partial charge is 0.483 e. The molecule has 0 N–H and O–H groups in total. The highest BCUT2D eigenvalue weighted by atomic mass is 79.9. The van der Waals surface area contributed by atoms with Crippen LogP contribution < -0.4 is 4.74 Å². The van der Waals surface area contributed by atoms with E-state index in [1.54, 1.807) is 30.3 Å². The van der Waals surface area contributed by atoms with Crippen LogP contribution in [0.25, 0.3) is 11.4 Å². The van der Waals surface area contributed by atoms with Gasteiger partial charge in [-0.2, -0.15) is 4.98 Å². The van der Waals surface area contributed by atoms with Gasteiger partial charge in [-0.3, -0.25) is 0 Å². The molecule has 0 fully saturated rings. The Morgan fingerprint density at radius 1 is 1.28 bits per heavy atom. The van der Waals surface area contributed by atoms with Gasteiger partial charge in [0.05, 0.1) is 17.1 Å². The van der Waals surface area contributed by atoms with Crippen molar-refractivity contribution >= 4 is 33.5 Å². The fourth-order valence-corrected chi connectivity index (χ4v) is 2.74. The van der Waals surface area contributed by atoms with Gasteiger partial charge >= 0.3 is 5.97 Å². The number of halogens is 2. The van der Waals surface area contributed by atoms with Crippen LogP contribution in [-0.2, 0) is 11.3 Å². The fraction of sp³-hybridized carbons (Fsp3) is 0.118. The molecule has 0 aliphatic rings. The first-order valence-electron chi connectivity index (χ1n) is 7.16. The van der Waals surface area contributed by atoms with Crippen LogP contribution in [0.3, 0.4) is 0 Å². The Morgan fingerprint density at radius 2 is 2.12 bits per heavy atom. The smallest absolute Gasteiger partial charge is 0.337 e. The minimum atomic E-state index is -0.421. The lowest BCUT2D eigenvalue weighted by atomic mass is 10.2. The van der Waals surface area contributed by atoms with Gasteiger partial charge in [0.2, 0.25) is 5.82 Å². The Balaban J connectivity index is 1.69. The van der Waals surface area contributed by atoms with Gasteiger partial charge in [0.15, 0.2) is 6.61 Å². The third kappa shape index (κ3) is 4.18. The Kier molecular flexibility index (Phi) is 5.35. The fourth-order valence-electron chi connectivity index (χ4n) is 2.06. The number of hydrogen-bond acceptors (Lipinski definition) is 6. The summed E-state index contributed by atoms with van der Waals surface area (Å²) in [7, 11) is 1.33. The van der Waals surface area contributed by atoms with E-state index in [9.17, 15) is 4.79 Å². The van der Waals surface area contributed by atoms with Gasteiger partial charge in [-0.1, -0.05) is 28.9 Å². The highest BCUT2D eigenvalue weighted by Crippen LogP contribution is 2.27. The zero-order valence-electron chi connectivity index (χ0n) is 13.0. The van der Waals surface area contributed by atoms with E-state index in [-0.39, 0.29) is 6.61 Å². The van der Waals surface area contributed by atoms with Crippen molar-refractivity contribution in [3.63, 3.8) is 0 Å². The molecule has 0 spiro atoms. The van der Waals surface area contributed by atoms with Crippen LogP contribution in [0.1, 0.15) is 16.2 Å². The molecule has 8 heteroatoms. The van der Waals surface area contributed by atoms with Crippen LogP contribution in [0.5, 0.6) is 5.75 Å². The van der Waals surface area contributed by atoms with E-state index in [4.69, 9.17) is 20.9 Å². The van der Waals surface area contributed by atoms with E-state index in [0.29, 0.717) is 32.5 Å². The molecule has 2 aromatic carbocycles. The summed E-state index contributed by atoms with van der Waals surface area (Å²) in [5, 5.41) is 4.51. The maximum atomic E-state index is 11.5. The molecule has 0 saturated carbocycles. The summed E-state index contributed by atoms with van der Waals surface area (Å²) in [5.74, 6) is 0.866.